The molecule has 1 heterocycles. The monoisotopic (exact) mass is 236 g/mol. The van der Waals surface area contributed by atoms with Crippen LogP contribution in [-0.4, -0.2) is 18.2 Å². The average molecular weight is 237 g/mol. The molecule has 0 aliphatic rings. The minimum atomic E-state index is -3.67. The van der Waals surface area contributed by atoms with Crippen molar-refractivity contribution in [2.24, 2.45) is 0 Å². The molecule has 80 valence electrons. The molecule has 0 unspecified atom stereocenters. The van der Waals surface area contributed by atoms with Gasteiger partial charge in [0.25, 0.3) is 9.05 Å². The molecule has 0 saturated heterocycles. The Balaban J connectivity index is 3.30. The lowest BCUT2D eigenvalue weighted by Gasteiger charge is -2.02. The second-order valence-electron chi connectivity index (χ2n) is 3.31. The van der Waals surface area contributed by atoms with E-state index in [1.165, 1.54) is 6.20 Å². The summed E-state index contributed by atoms with van der Waals surface area (Å²) in [5.41, 5.74) is 0.522. The smallest absolute Gasteiger partial charge is 0.264 e. The van der Waals surface area contributed by atoms with Crippen LogP contribution in [0.4, 0.5) is 0 Å². The highest BCUT2D eigenvalue weighted by molar-refractivity contribution is 8.13. The van der Waals surface area contributed by atoms with Crippen molar-refractivity contribution in [1.29, 1.82) is 0 Å². The van der Waals surface area contributed by atoms with Gasteiger partial charge in [-0.3, -0.25) is 4.68 Å². The summed E-state index contributed by atoms with van der Waals surface area (Å²) < 4.78 is 23.9. The average Bonchev–Trinajstić information content (AvgIpc) is 2.46. The van der Waals surface area contributed by atoms with Crippen LogP contribution in [0.3, 0.4) is 0 Å². The van der Waals surface area contributed by atoms with Crippen LogP contribution in [0.1, 0.15) is 32.5 Å². The fourth-order valence-electron chi connectivity index (χ4n) is 1.13. The van der Waals surface area contributed by atoms with Gasteiger partial charge in [0.2, 0.25) is 0 Å². The van der Waals surface area contributed by atoms with E-state index in [2.05, 4.69) is 5.10 Å². The van der Waals surface area contributed by atoms with E-state index in [9.17, 15) is 8.42 Å². The van der Waals surface area contributed by atoms with Crippen LogP contribution < -0.4 is 0 Å². The number of halogens is 1. The van der Waals surface area contributed by atoms with E-state index in [4.69, 9.17) is 10.7 Å². The minimum Gasteiger partial charge on any atom is -0.269 e. The summed E-state index contributed by atoms with van der Waals surface area (Å²) >= 11 is 0. The lowest BCUT2D eigenvalue weighted by molar-refractivity contribution is 0.526. The molecule has 1 aromatic heterocycles. The number of aromatic nitrogens is 2. The Kier molecular flexibility index (Phi) is 3.21. The largest absolute Gasteiger partial charge is 0.269 e. The van der Waals surface area contributed by atoms with Crippen LogP contribution in [0.25, 0.3) is 0 Å². The van der Waals surface area contributed by atoms with Gasteiger partial charge >= 0.3 is 0 Å². The van der Waals surface area contributed by atoms with Crippen molar-refractivity contribution in [2.45, 2.75) is 38.1 Å². The van der Waals surface area contributed by atoms with E-state index >= 15 is 0 Å². The molecule has 0 amide bonds. The highest BCUT2D eigenvalue weighted by Gasteiger charge is 2.19. The maximum atomic E-state index is 11.2. The molecule has 0 fully saturated rings. The van der Waals surface area contributed by atoms with E-state index in [1.807, 2.05) is 20.8 Å². The second kappa shape index (κ2) is 3.90. The van der Waals surface area contributed by atoms with E-state index in [-0.39, 0.29) is 10.9 Å². The zero-order valence-electron chi connectivity index (χ0n) is 8.36. The van der Waals surface area contributed by atoms with E-state index in [1.54, 1.807) is 4.68 Å². The predicted molar refractivity (Wildman–Crippen MR) is 55.0 cm³/mol. The molecule has 4 nitrogen and oxygen atoms in total. The maximum Gasteiger partial charge on any atom is 0.264 e. The third-order valence-electron chi connectivity index (χ3n) is 1.90. The van der Waals surface area contributed by atoms with E-state index in [0.29, 0.717) is 12.1 Å². The number of nitrogens with zero attached hydrogens (tertiary/aromatic N) is 2. The first-order valence-electron chi connectivity index (χ1n) is 4.39. The molecule has 0 aliphatic carbocycles. The van der Waals surface area contributed by atoms with Crippen LogP contribution in [0.2, 0.25) is 0 Å². The Hall–Kier alpha value is -0.550. The van der Waals surface area contributed by atoms with Crippen molar-refractivity contribution in [3.05, 3.63) is 11.9 Å². The minimum absolute atomic E-state index is 0.121. The molecule has 0 bridgehead atoms. The second-order valence-corrected chi connectivity index (χ2v) is 5.84. The van der Waals surface area contributed by atoms with E-state index in [0.717, 1.165) is 0 Å². The Labute approximate surface area is 88.3 Å². The maximum absolute atomic E-state index is 11.2. The van der Waals surface area contributed by atoms with Gasteiger partial charge in [-0.05, 0) is 20.3 Å². The summed E-state index contributed by atoms with van der Waals surface area (Å²) in [6.07, 6.45) is 2.03. The molecular weight excluding hydrogens is 224 g/mol. The van der Waals surface area contributed by atoms with Crippen molar-refractivity contribution in [2.75, 3.05) is 0 Å². The van der Waals surface area contributed by atoms with E-state index < -0.39 is 9.05 Å². The van der Waals surface area contributed by atoms with Gasteiger partial charge in [0.05, 0.1) is 5.69 Å². The van der Waals surface area contributed by atoms with Gasteiger partial charge in [0, 0.05) is 22.9 Å². The van der Waals surface area contributed by atoms with Gasteiger partial charge in [0.15, 0.2) is 0 Å². The van der Waals surface area contributed by atoms with Gasteiger partial charge in [0.1, 0.15) is 4.90 Å². The molecule has 1 rings (SSSR count). The SMILES string of the molecule is CCc1nn(C(C)C)cc1S(=O)(=O)Cl. The quantitative estimate of drug-likeness (QED) is 0.754. The van der Waals surface area contributed by atoms with Crippen LogP contribution in [0, 0.1) is 0 Å². The summed E-state index contributed by atoms with van der Waals surface area (Å²) in [5.74, 6) is 0. The standard InChI is InChI=1S/C8H13ClN2O2S/c1-4-7-8(14(9,12)13)5-11(10-7)6(2)3/h5-6H,4H2,1-3H3. The predicted octanol–water partition coefficient (Wildman–Crippen LogP) is 1.95. The number of aryl methyl sites for hydroxylation is 1. The molecule has 0 radical (unpaired) electrons. The van der Waals surface area contributed by atoms with Gasteiger partial charge in [-0.15, -0.1) is 0 Å². The van der Waals surface area contributed by atoms with Gasteiger partial charge in [-0.25, -0.2) is 8.42 Å². The fraction of sp³-hybridized carbons (Fsp3) is 0.625. The summed E-state index contributed by atoms with van der Waals surface area (Å²) in [6, 6.07) is 0.132. The highest BCUT2D eigenvalue weighted by atomic mass is 35.7. The molecule has 0 atom stereocenters. The third kappa shape index (κ3) is 2.27. The zero-order valence-corrected chi connectivity index (χ0v) is 9.93. The lowest BCUT2D eigenvalue weighted by atomic mass is 10.3. The Morgan fingerprint density at radius 2 is 2.14 bits per heavy atom. The molecule has 0 spiro atoms. The van der Waals surface area contributed by atoms with Crippen molar-refractivity contribution in [3.8, 4) is 0 Å². The lowest BCUT2D eigenvalue weighted by Crippen LogP contribution is -2.01. The summed E-state index contributed by atoms with van der Waals surface area (Å²) in [4.78, 5) is 0.121. The number of hydrogen-bond acceptors (Lipinski definition) is 3. The molecular formula is C8H13ClN2O2S. The first kappa shape index (κ1) is 11.5. The van der Waals surface area contributed by atoms with Crippen molar-refractivity contribution >= 4 is 19.7 Å². The van der Waals surface area contributed by atoms with Crippen molar-refractivity contribution < 1.29 is 8.42 Å². The van der Waals surface area contributed by atoms with Crippen LogP contribution >= 0.6 is 10.7 Å². The van der Waals surface area contributed by atoms with Crippen molar-refractivity contribution in [3.63, 3.8) is 0 Å². The molecule has 0 saturated carbocycles. The number of hydrogen-bond donors (Lipinski definition) is 0. The van der Waals surface area contributed by atoms with Crippen LogP contribution in [0.5, 0.6) is 0 Å². The summed E-state index contributed by atoms with van der Waals surface area (Å²) in [6.45, 7) is 5.70. The van der Waals surface area contributed by atoms with Gasteiger partial charge < -0.3 is 0 Å². The first-order valence-corrected chi connectivity index (χ1v) is 6.70. The Morgan fingerprint density at radius 1 is 1.57 bits per heavy atom. The summed E-state index contributed by atoms with van der Waals surface area (Å²) in [5, 5.41) is 4.15. The Morgan fingerprint density at radius 3 is 2.43 bits per heavy atom. The fourth-order valence-corrected chi connectivity index (χ4v) is 2.21. The molecule has 1 aromatic rings. The topological polar surface area (TPSA) is 52.0 Å². The molecule has 14 heavy (non-hydrogen) atoms. The first-order chi connectivity index (χ1) is 6.36. The Bertz CT molecular complexity index is 423. The molecule has 6 heteroatoms. The molecule has 0 N–H and O–H groups in total. The number of rotatable bonds is 3. The molecule has 0 aliphatic heterocycles. The van der Waals surface area contributed by atoms with Crippen LogP contribution in [-0.2, 0) is 15.5 Å². The summed E-state index contributed by atoms with van der Waals surface area (Å²) in [7, 11) is 1.61. The van der Waals surface area contributed by atoms with Crippen LogP contribution in [0.15, 0.2) is 11.1 Å². The molecule has 0 aromatic carbocycles. The third-order valence-corrected chi connectivity index (χ3v) is 3.26. The zero-order chi connectivity index (χ0) is 10.9. The van der Waals surface area contributed by atoms with Gasteiger partial charge in [-0.2, -0.15) is 5.10 Å². The van der Waals surface area contributed by atoms with Crippen molar-refractivity contribution in [1.82, 2.24) is 9.78 Å². The highest BCUT2D eigenvalue weighted by Crippen LogP contribution is 2.20. The normalized spacial score (nSPS) is 12.4. The van der Waals surface area contributed by atoms with Gasteiger partial charge in [-0.1, -0.05) is 6.92 Å².